The van der Waals surface area contributed by atoms with Crippen LogP contribution in [0.2, 0.25) is 0 Å². The molecule has 1 heterocycles. The van der Waals surface area contributed by atoms with E-state index < -0.39 is 0 Å². The predicted octanol–water partition coefficient (Wildman–Crippen LogP) is 6.63. The quantitative estimate of drug-likeness (QED) is 0.258. The van der Waals surface area contributed by atoms with Crippen molar-refractivity contribution < 1.29 is 18.6 Å². The molecule has 0 aliphatic carbocycles. The Bertz CT molecular complexity index is 1490. The molecule has 0 fully saturated rings. The van der Waals surface area contributed by atoms with Crippen LogP contribution in [0.4, 0.5) is 0 Å². The summed E-state index contributed by atoms with van der Waals surface area (Å²) < 4.78 is 23.3. The number of hydrogen-bond donors (Lipinski definition) is 0. The molecule has 174 valence electrons. The third-order valence-corrected chi connectivity index (χ3v) is 5.71. The van der Waals surface area contributed by atoms with Gasteiger partial charge in [0.25, 0.3) is 0 Å². The van der Waals surface area contributed by atoms with Gasteiger partial charge in [0.1, 0.15) is 30.8 Å². The van der Waals surface area contributed by atoms with Crippen LogP contribution in [0.5, 0.6) is 17.2 Å². The summed E-state index contributed by atoms with van der Waals surface area (Å²) in [5.41, 5.74) is 3.57. The zero-order chi connectivity index (χ0) is 24.0. The Hall–Kier alpha value is -4.51. The van der Waals surface area contributed by atoms with Crippen molar-refractivity contribution in [3.63, 3.8) is 0 Å². The van der Waals surface area contributed by atoms with Gasteiger partial charge in [-0.1, -0.05) is 66.7 Å². The lowest BCUT2D eigenvalue weighted by Crippen LogP contribution is -2.06. The molecule has 0 spiro atoms. The fourth-order valence-corrected chi connectivity index (χ4v) is 3.81. The highest BCUT2D eigenvalue weighted by molar-refractivity contribution is 5.83. The van der Waals surface area contributed by atoms with Gasteiger partial charge in [-0.2, -0.15) is 0 Å². The smallest absolute Gasteiger partial charge is 0.200 e. The van der Waals surface area contributed by atoms with Crippen LogP contribution >= 0.6 is 0 Å². The number of hydrogen-bond acceptors (Lipinski definition) is 5. The summed E-state index contributed by atoms with van der Waals surface area (Å²) in [6.07, 6.45) is 1.48. The molecule has 4 aromatic carbocycles. The largest absolute Gasteiger partial charge is 0.497 e. The van der Waals surface area contributed by atoms with Gasteiger partial charge in [-0.05, 0) is 41.0 Å². The Balaban J connectivity index is 1.49. The summed E-state index contributed by atoms with van der Waals surface area (Å²) in [5.74, 6) is 1.78. The Labute approximate surface area is 203 Å². The molecular weight excluding hydrogens is 440 g/mol. The highest BCUT2D eigenvalue weighted by Gasteiger charge is 2.14. The van der Waals surface area contributed by atoms with Crippen LogP contribution in [0.3, 0.4) is 0 Å². The average Bonchev–Trinajstić information content (AvgIpc) is 2.92. The van der Waals surface area contributed by atoms with Crippen LogP contribution in [0.15, 0.2) is 113 Å². The van der Waals surface area contributed by atoms with Crippen molar-refractivity contribution in [1.82, 2.24) is 0 Å². The maximum atomic E-state index is 13.2. The maximum Gasteiger partial charge on any atom is 0.200 e. The highest BCUT2D eigenvalue weighted by Crippen LogP contribution is 2.34. The maximum absolute atomic E-state index is 13.2. The highest BCUT2D eigenvalue weighted by atomic mass is 16.5. The lowest BCUT2D eigenvalue weighted by Gasteiger charge is -2.15. The number of ether oxygens (including phenoxy) is 3. The van der Waals surface area contributed by atoms with Crippen molar-refractivity contribution in [2.75, 3.05) is 7.11 Å². The molecule has 35 heavy (non-hydrogen) atoms. The number of methoxy groups -OCH3 is 1. The first-order valence-corrected chi connectivity index (χ1v) is 11.3. The van der Waals surface area contributed by atoms with Gasteiger partial charge in [0.15, 0.2) is 16.9 Å². The first kappa shape index (κ1) is 22.3. The van der Waals surface area contributed by atoms with E-state index in [1.807, 2.05) is 78.9 Å². The first-order chi connectivity index (χ1) is 17.2. The Morgan fingerprint density at radius 2 is 1.37 bits per heavy atom. The summed E-state index contributed by atoms with van der Waals surface area (Å²) in [4.78, 5) is 13.2. The topological polar surface area (TPSA) is 57.9 Å². The minimum absolute atomic E-state index is 0.124. The van der Waals surface area contributed by atoms with E-state index in [9.17, 15) is 4.79 Å². The van der Waals surface area contributed by atoms with Gasteiger partial charge in [-0.25, -0.2) is 0 Å². The number of fused-ring (bicyclic) bond motifs is 1. The summed E-state index contributed by atoms with van der Waals surface area (Å²) in [7, 11) is 1.58. The normalized spacial score (nSPS) is 10.8. The summed E-state index contributed by atoms with van der Waals surface area (Å²) in [5, 5.41) is 0.486. The molecule has 0 saturated carbocycles. The van der Waals surface area contributed by atoms with E-state index >= 15 is 0 Å². The van der Waals surface area contributed by atoms with Crippen LogP contribution < -0.4 is 19.6 Å². The number of rotatable bonds is 8. The molecule has 0 saturated heterocycles. The average molecular weight is 465 g/mol. The number of benzene rings is 4. The van der Waals surface area contributed by atoms with E-state index in [4.69, 9.17) is 18.6 Å². The third-order valence-electron chi connectivity index (χ3n) is 5.71. The molecule has 0 amide bonds. The molecule has 0 aliphatic heterocycles. The molecule has 0 unspecified atom stereocenters. The SMILES string of the molecule is COc1ccc2c(=O)c(-c3ccc(OCc4ccccc4)c(OCc4ccccc4)c3)coc2c1. The van der Waals surface area contributed by atoms with E-state index in [0.717, 1.165) is 11.1 Å². The van der Waals surface area contributed by atoms with Gasteiger partial charge in [-0.3, -0.25) is 4.79 Å². The van der Waals surface area contributed by atoms with Crippen LogP contribution in [-0.2, 0) is 13.2 Å². The summed E-state index contributed by atoms with van der Waals surface area (Å²) in [6.45, 7) is 0.778. The molecule has 0 atom stereocenters. The predicted molar refractivity (Wildman–Crippen MR) is 136 cm³/mol. The van der Waals surface area contributed by atoms with Crippen molar-refractivity contribution in [3.05, 3.63) is 125 Å². The second-order valence-corrected chi connectivity index (χ2v) is 8.05. The molecule has 5 nitrogen and oxygen atoms in total. The van der Waals surface area contributed by atoms with Crippen molar-refractivity contribution in [2.24, 2.45) is 0 Å². The van der Waals surface area contributed by atoms with Gasteiger partial charge in [0, 0.05) is 6.07 Å². The van der Waals surface area contributed by atoms with E-state index in [1.54, 1.807) is 25.3 Å². The molecule has 0 radical (unpaired) electrons. The lowest BCUT2D eigenvalue weighted by atomic mass is 10.0. The van der Waals surface area contributed by atoms with Crippen molar-refractivity contribution >= 4 is 11.0 Å². The van der Waals surface area contributed by atoms with Gasteiger partial charge < -0.3 is 18.6 Å². The second kappa shape index (κ2) is 10.2. The Morgan fingerprint density at radius 3 is 2.03 bits per heavy atom. The van der Waals surface area contributed by atoms with E-state index in [1.165, 1.54) is 6.26 Å². The minimum atomic E-state index is -0.124. The summed E-state index contributed by atoms with van der Waals surface area (Å²) in [6, 6.07) is 30.5. The fourth-order valence-electron chi connectivity index (χ4n) is 3.81. The Kier molecular flexibility index (Phi) is 6.48. The van der Waals surface area contributed by atoms with E-state index in [2.05, 4.69) is 0 Å². The molecule has 0 aliphatic rings. The van der Waals surface area contributed by atoms with Gasteiger partial charge in [0.05, 0.1) is 18.1 Å². The molecule has 0 N–H and O–H groups in total. The first-order valence-electron chi connectivity index (χ1n) is 11.3. The van der Waals surface area contributed by atoms with Crippen LogP contribution in [0, 0.1) is 0 Å². The molecule has 1 aromatic heterocycles. The second-order valence-electron chi connectivity index (χ2n) is 8.05. The summed E-state index contributed by atoms with van der Waals surface area (Å²) >= 11 is 0. The van der Waals surface area contributed by atoms with Crippen LogP contribution in [-0.4, -0.2) is 7.11 Å². The molecular formula is C30H24O5. The Morgan fingerprint density at radius 1 is 0.714 bits per heavy atom. The van der Waals surface area contributed by atoms with Crippen molar-refractivity contribution in [3.8, 4) is 28.4 Å². The molecule has 5 heteroatoms. The van der Waals surface area contributed by atoms with Crippen LogP contribution in [0.25, 0.3) is 22.1 Å². The standard InChI is InChI=1S/C30H24O5/c1-32-24-13-14-25-28(17-24)35-20-26(30(25)31)23-12-15-27(33-18-21-8-4-2-5-9-21)29(16-23)34-19-22-10-6-3-7-11-22/h2-17,20H,18-19H2,1H3. The molecule has 5 aromatic rings. The van der Waals surface area contributed by atoms with Gasteiger partial charge in [0.2, 0.25) is 0 Å². The molecule has 5 rings (SSSR count). The molecule has 0 bridgehead atoms. The third kappa shape index (κ3) is 5.04. The van der Waals surface area contributed by atoms with Crippen molar-refractivity contribution in [1.29, 1.82) is 0 Å². The van der Waals surface area contributed by atoms with E-state index in [0.29, 0.717) is 52.6 Å². The lowest BCUT2D eigenvalue weighted by molar-refractivity contribution is 0.256. The van der Waals surface area contributed by atoms with Crippen LogP contribution in [0.1, 0.15) is 11.1 Å². The monoisotopic (exact) mass is 464 g/mol. The fraction of sp³-hybridized carbons (Fsp3) is 0.100. The van der Waals surface area contributed by atoms with E-state index in [-0.39, 0.29) is 5.43 Å². The zero-order valence-electron chi connectivity index (χ0n) is 19.3. The zero-order valence-corrected chi connectivity index (χ0v) is 19.3. The van der Waals surface area contributed by atoms with Gasteiger partial charge >= 0.3 is 0 Å². The minimum Gasteiger partial charge on any atom is -0.497 e. The van der Waals surface area contributed by atoms with Crippen molar-refractivity contribution in [2.45, 2.75) is 13.2 Å². The van der Waals surface area contributed by atoms with Gasteiger partial charge in [-0.15, -0.1) is 0 Å².